The van der Waals surface area contributed by atoms with Crippen LogP contribution in [0.3, 0.4) is 0 Å². The van der Waals surface area contributed by atoms with Gasteiger partial charge in [0.05, 0.1) is 26.4 Å². The highest BCUT2D eigenvalue weighted by Crippen LogP contribution is 2.45. The number of hydrogen-bond acceptors (Lipinski definition) is 15. The fraction of sp³-hybridized carbons (Fsp3) is 0.609. The summed E-state index contributed by atoms with van der Waals surface area (Å²) in [5.74, 6) is -2.38. The molecule has 19 heteroatoms. The number of carbonyl (C=O) groups excluding carboxylic acids is 4. The van der Waals surface area contributed by atoms with Crippen LogP contribution in [0, 0.1) is 0 Å². The van der Waals surface area contributed by atoms with Gasteiger partial charge in [-0.2, -0.15) is 0 Å². The first-order chi connectivity index (χ1) is 51.7. The minimum absolute atomic E-state index is 0.00651. The lowest BCUT2D eigenvalue weighted by molar-refractivity contribution is -0.161. The molecule has 0 aromatic carbocycles. The third kappa shape index (κ3) is 76.4. The van der Waals surface area contributed by atoms with Crippen LogP contribution in [0.1, 0.15) is 285 Å². The molecule has 0 bridgehead atoms. The van der Waals surface area contributed by atoms with Gasteiger partial charge in [0, 0.05) is 25.7 Å². The minimum atomic E-state index is -5.02. The molecule has 0 amide bonds. The molecule has 5 atom stereocenters. The van der Waals surface area contributed by atoms with E-state index in [0.29, 0.717) is 38.5 Å². The number of unbranched alkanes of at least 4 members (excludes halogenated alkanes) is 17. The van der Waals surface area contributed by atoms with Gasteiger partial charge in [-0.25, -0.2) is 9.13 Å². The van der Waals surface area contributed by atoms with Gasteiger partial charge >= 0.3 is 39.5 Å². The smallest absolute Gasteiger partial charge is 0.462 e. The fourth-order valence-corrected chi connectivity index (χ4v) is 11.5. The van der Waals surface area contributed by atoms with E-state index in [1.165, 1.54) is 51.4 Å². The summed E-state index contributed by atoms with van der Waals surface area (Å²) < 4.78 is 68.5. The first kappa shape index (κ1) is 100. The number of phosphoric ester groups is 2. The molecule has 0 aliphatic rings. The molecule has 0 spiro atoms. The Bertz CT molecular complexity index is 2730. The number of phosphoric acid groups is 2. The quantitative estimate of drug-likeness (QED) is 0.0169. The number of allylic oxidation sites excluding steroid dienone is 30. The van der Waals surface area contributed by atoms with Crippen molar-refractivity contribution in [2.75, 3.05) is 39.6 Å². The molecule has 0 saturated heterocycles. The van der Waals surface area contributed by atoms with E-state index in [-0.39, 0.29) is 25.7 Å². The zero-order valence-corrected chi connectivity index (χ0v) is 67.3. The average molecular weight is 1520 g/mol. The molecule has 0 rings (SSSR count). The Morgan fingerprint density at radius 1 is 0.274 bits per heavy atom. The molecule has 0 radical (unpaired) electrons. The molecule has 0 heterocycles. The van der Waals surface area contributed by atoms with Crippen molar-refractivity contribution < 1.29 is 80.2 Å². The molecular weight excluding hydrogens is 1380 g/mol. The maximum atomic E-state index is 13.1. The molecule has 0 saturated carbocycles. The van der Waals surface area contributed by atoms with Crippen LogP contribution in [0.2, 0.25) is 0 Å². The van der Waals surface area contributed by atoms with Crippen LogP contribution in [-0.2, 0) is 65.4 Å². The summed E-state index contributed by atoms with van der Waals surface area (Å²) in [6.07, 6.45) is 93.2. The highest BCUT2D eigenvalue weighted by atomic mass is 31.2. The largest absolute Gasteiger partial charge is 0.472 e. The molecule has 0 aliphatic heterocycles. The van der Waals surface area contributed by atoms with Crippen molar-refractivity contribution in [3.05, 3.63) is 182 Å². The SMILES string of the molecule is CC/C=C\C/C=C\C/C=C\C/C=C\C/C=C\C/C=C\CCC(=O)OCC(COP(=O)(O)OCC(O)COP(=O)(O)OCC(COC(=O)CCCCCC/C=C\C/C=C\C/C=C\C/C=C\CC)OC(=O)CCCCCCCCCCCCCCC)OC(=O)CCC/C=C\C/C=C\C/C=C\C/C=C\C/C=C\CC. The van der Waals surface area contributed by atoms with Gasteiger partial charge < -0.3 is 33.8 Å². The Labute approximate surface area is 641 Å². The molecule has 106 heavy (non-hydrogen) atoms. The summed E-state index contributed by atoms with van der Waals surface area (Å²) in [4.78, 5) is 73.0. The topological polar surface area (TPSA) is 237 Å². The van der Waals surface area contributed by atoms with Gasteiger partial charge in [-0.05, 0) is 141 Å². The van der Waals surface area contributed by atoms with Crippen LogP contribution in [0.15, 0.2) is 182 Å². The predicted octanol–water partition coefficient (Wildman–Crippen LogP) is 23.6. The summed E-state index contributed by atoms with van der Waals surface area (Å²) in [7, 11) is -10.0. The average Bonchev–Trinajstić information content (AvgIpc) is 0.907. The molecule has 0 fully saturated rings. The van der Waals surface area contributed by atoms with Gasteiger partial charge in [0.2, 0.25) is 0 Å². The van der Waals surface area contributed by atoms with Crippen LogP contribution in [0.25, 0.3) is 0 Å². The standard InChI is InChI=1S/C87H140O17P2/c1-5-9-13-17-21-25-29-33-36-39-40-43-45-49-52-56-60-64-68-72-85(90)98-78-83(104-87(92)74-70-66-62-58-54-50-46-42-38-35-31-27-23-19-15-11-7-3)80-102-106(95,96)100-76-81(88)75-99-105(93,94)101-79-82(103-86(91)73-69-65-61-57-53-47-32-28-24-20-16-12-8-4)77-97-84(89)71-67-63-59-55-51-48-44-41-37-34-30-26-22-18-14-10-6-2/h9-11,13-15,21-23,25-27,33-38,40,43-44,46,48-50,52,58,60,62,64,81-83,88H,5-8,12,16-20,24,28-32,39,41-42,45,47,51,53-57,59,61,63,65-80H2,1-4H3,(H,93,94)(H,95,96)/b13-9-,14-10-,15-11-,25-21-,26-22-,27-23-,36-33-,37-34-,38-35-,43-40-,48-44-,50-46-,52-49-,62-58-,64-60-. The van der Waals surface area contributed by atoms with Gasteiger partial charge in [0.1, 0.15) is 19.3 Å². The van der Waals surface area contributed by atoms with Crippen LogP contribution >= 0.6 is 15.6 Å². The second kappa shape index (κ2) is 77.3. The number of hydrogen-bond donors (Lipinski definition) is 3. The number of ether oxygens (including phenoxy) is 4. The van der Waals surface area contributed by atoms with E-state index in [1.54, 1.807) is 0 Å². The normalized spacial score (nSPS) is 14.8. The van der Waals surface area contributed by atoms with Gasteiger partial charge in [-0.3, -0.25) is 37.3 Å². The zero-order chi connectivity index (χ0) is 77.4. The molecule has 600 valence electrons. The Morgan fingerprint density at radius 3 is 0.849 bits per heavy atom. The lowest BCUT2D eigenvalue weighted by Gasteiger charge is -2.21. The lowest BCUT2D eigenvalue weighted by Crippen LogP contribution is -2.30. The molecule has 17 nitrogen and oxygen atoms in total. The van der Waals surface area contributed by atoms with Crippen molar-refractivity contribution in [3.8, 4) is 0 Å². The van der Waals surface area contributed by atoms with E-state index >= 15 is 0 Å². The van der Waals surface area contributed by atoms with Crippen molar-refractivity contribution in [2.24, 2.45) is 0 Å². The first-order valence-electron chi connectivity index (χ1n) is 40.0. The monoisotopic (exact) mass is 1520 g/mol. The van der Waals surface area contributed by atoms with E-state index in [2.05, 4.69) is 180 Å². The van der Waals surface area contributed by atoms with Gasteiger partial charge in [0.25, 0.3) is 0 Å². The van der Waals surface area contributed by atoms with E-state index < -0.39 is 97.5 Å². The van der Waals surface area contributed by atoms with Crippen molar-refractivity contribution >= 4 is 39.5 Å². The fourth-order valence-electron chi connectivity index (χ4n) is 9.92. The number of esters is 4. The summed E-state index contributed by atoms with van der Waals surface area (Å²) in [6.45, 7) is 4.34. The second-order valence-corrected chi connectivity index (χ2v) is 28.8. The summed E-state index contributed by atoms with van der Waals surface area (Å²) >= 11 is 0. The molecule has 0 aromatic rings. The number of aliphatic hydroxyl groups excluding tert-OH is 1. The Hall–Kier alpha value is -5.84. The number of rotatable bonds is 73. The Morgan fingerprint density at radius 2 is 0.519 bits per heavy atom. The summed E-state index contributed by atoms with van der Waals surface area (Å²) in [5, 5.41) is 10.6. The highest BCUT2D eigenvalue weighted by Gasteiger charge is 2.30. The highest BCUT2D eigenvalue weighted by molar-refractivity contribution is 7.47. The molecule has 3 N–H and O–H groups in total. The second-order valence-electron chi connectivity index (χ2n) is 25.9. The molecular formula is C87H140O17P2. The van der Waals surface area contributed by atoms with E-state index in [0.717, 1.165) is 141 Å². The van der Waals surface area contributed by atoms with Crippen molar-refractivity contribution in [3.63, 3.8) is 0 Å². The van der Waals surface area contributed by atoms with Crippen molar-refractivity contribution in [2.45, 2.75) is 303 Å². The predicted molar refractivity (Wildman–Crippen MR) is 436 cm³/mol. The van der Waals surface area contributed by atoms with E-state index in [4.69, 9.17) is 37.0 Å². The Balaban J connectivity index is 5.51. The van der Waals surface area contributed by atoms with Crippen molar-refractivity contribution in [1.29, 1.82) is 0 Å². The molecule has 0 aromatic heterocycles. The third-order valence-corrected chi connectivity index (χ3v) is 17.8. The number of aliphatic hydroxyl groups is 1. The van der Waals surface area contributed by atoms with Crippen molar-refractivity contribution in [1.82, 2.24) is 0 Å². The summed E-state index contributed by atoms with van der Waals surface area (Å²) in [5.41, 5.74) is 0. The maximum absolute atomic E-state index is 13.1. The lowest BCUT2D eigenvalue weighted by atomic mass is 10.0. The van der Waals surface area contributed by atoms with Gasteiger partial charge in [-0.1, -0.05) is 300 Å². The van der Waals surface area contributed by atoms with E-state index in [9.17, 15) is 43.2 Å². The van der Waals surface area contributed by atoms with E-state index in [1.807, 2.05) is 30.4 Å². The minimum Gasteiger partial charge on any atom is -0.462 e. The van der Waals surface area contributed by atoms with Gasteiger partial charge in [-0.15, -0.1) is 0 Å². The third-order valence-electron chi connectivity index (χ3n) is 15.9. The first-order valence-corrected chi connectivity index (χ1v) is 43.0. The number of carbonyl (C=O) groups is 4. The molecule has 0 aliphatic carbocycles. The van der Waals surface area contributed by atoms with Crippen LogP contribution in [0.5, 0.6) is 0 Å². The summed E-state index contributed by atoms with van der Waals surface area (Å²) in [6, 6.07) is 0. The molecule has 5 unspecified atom stereocenters. The van der Waals surface area contributed by atoms with Crippen LogP contribution in [0.4, 0.5) is 0 Å². The van der Waals surface area contributed by atoms with Crippen LogP contribution in [-0.4, -0.2) is 96.7 Å². The van der Waals surface area contributed by atoms with Crippen LogP contribution < -0.4 is 0 Å². The maximum Gasteiger partial charge on any atom is 0.472 e. The zero-order valence-electron chi connectivity index (χ0n) is 65.5. The van der Waals surface area contributed by atoms with Gasteiger partial charge in [0.15, 0.2) is 12.2 Å². The Kier molecular flexibility index (Phi) is 73.1.